The molecule has 1 N–H and O–H groups in total. The number of benzene rings is 2. The van der Waals surface area contributed by atoms with Gasteiger partial charge >= 0.3 is 0 Å². The monoisotopic (exact) mass is 395 g/mol. The molecule has 1 atom stereocenters. The van der Waals surface area contributed by atoms with Crippen molar-refractivity contribution in [3.8, 4) is 11.5 Å². The Bertz CT molecular complexity index is 764. The zero-order valence-electron chi connectivity index (χ0n) is 13.9. The lowest BCUT2D eigenvalue weighted by Gasteiger charge is -2.19. The highest BCUT2D eigenvalue weighted by Crippen LogP contribution is 2.33. The van der Waals surface area contributed by atoms with Crippen LogP contribution in [0.2, 0.25) is 0 Å². The number of methoxy groups -OCH3 is 2. The Morgan fingerprint density at radius 3 is 2.38 bits per heavy atom. The number of nitrogens with one attached hydrogen (secondary N) is 1. The van der Waals surface area contributed by atoms with Gasteiger partial charge in [-0.3, -0.25) is 4.79 Å². The molecule has 4 nitrogen and oxygen atoms in total. The number of hydrogen-bond donors (Lipinski definition) is 1. The first kappa shape index (κ1) is 18.3. The van der Waals surface area contributed by atoms with Crippen LogP contribution in [0.1, 0.15) is 34.5 Å². The van der Waals surface area contributed by atoms with Gasteiger partial charge in [0.05, 0.1) is 25.8 Å². The van der Waals surface area contributed by atoms with Gasteiger partial charge in [0, 0.05) is 4.47 Å². The highest BCUT2D eigenvalue weighted by Gasteiger charge is 2.18. The summed E-state index contributed by atoms with van der Waals surface area (Å²) in [6.07, 6.45) is 0. The van der Waals surface area contributed by atoms with E-state index in [4.69, 9.17) is 9.47 Å². The molecule has 0 aliphatic carbocycles. The van der Waals surface area contributed by atoms with Crippen LogP contribution in [0.4, 0.5) is 4.39 Å². The summed E-state index contributed by atoms with van der Waals surface area (Å²) in [4.78, 5) is 12.4. The quantitative estimate of drug-likeness (QED) is 0.815. The van der Waals surface area contributed by atoms with Gasteiger partial charge in [-0.25, -0.2) is 4.39 Å². The molecule has 0 aliphatic rings. The highest BCUT2D eigenvalue weighted by molar-refractivity contribution is 9.10. The van der Waals surface area contributed by atoms with Gasteiger partial charge in [-0.2, -0.15) is 0 Å². The third-order valence-electron chi connectivity index (χ3n) is 3.76. The van der Waals surface area contributed by atoms with Crippen molar-refractivity contribution in [2.45, 2.75) is 19.9 Å². The fraction of sp³-hybridized carbons (Fsp3) is 0.278. The fourth-order valence-corrected chi connectivity index (χ4v) is 3.02. The number of halogens is 2. The van der Waals surface area contributed by atoms with Gasteiger partial charge in [-0.1, -0.05) is 0 Å². The molecule has 0 radical (unpaired) electrons. The summed E-state index contributed by atoms with van der Waals surface area (Å²) in [7, 11) is 3.14. The Hall–Kier alpha value is -2.08. The molecule has 1 amide bonds. The van der Waals surface area contributed by atoms with Crippen molar-refractivity contribution in [1.82, 2.24) is 5.32 Å². The Morgan fingerprint density at radius 2 is 1.79 bits per heavy atom. The third kappa shape index (κ3) is 3.87. The number of hydrogen-bond acceptors (Lipinski definition) is 3. The van der Waals surface area contributed by atoms with Gasteiger partial charge in [0.25, 0.3) is 5.91 Å². The lowest BCUT2D eigenvalue weighted by atomic mass is 10.0. The molecule has 0 saturated heterocycles. The Balaban J connectivity index is 2.26. The number of aryl methyl sites for hydroxylation is 1. The highest BCUT2D eigenvalue weighted by atomic mass is 79.9. The minimum absolute atomic E-state index is 0.255. The first-order valence-corrected chi connectivity index (χ1v) is 8.15. The molecule has 2 rings (SSSR count). The summed E-state index contributed by atoms with van der Waals surface area (Å²) >= 11 is 3.21. The second kappa shape index (κ2) is 7.66. The van der Waals surface area contributed by atoms with Crippen LogP contribution in [-0.2, 0) is 0 Å². The molecular weight excluding hydrogens is 377 g/mol. The molecule has 128 valence electrons. The molecule has 0 fully saturated rings. The largest absolute Gasteiger partial charge is 0.493 e. The molecule has 0 aliphatic heterocycles. The van der Waals surface area contributed by atoms with Gasteiger partial charge in [0.1, 0.15) is 5.82 Å². The van der Waals surface area contributed by atoms with Gasteiger partial charge in [-0.15, -0.1) is 0 Å². The topological polar surface area (TPSA) is 47.6 Å². The summed E-state index contributed by atoms with van der Waals surface area (Å²) in [5.41, 5.74) is 2.26. The van der Waals surface area contributed by atoms with Gasteiger partial charge in [0.15, 0.2) is 11.5 Å². The van der Waals surface area contributed by atoms with Crippen molar-refractivity contribution < 1.29 is 18.7 Å². The SMILES string of the molecule is COc1cc(C)c([C@H](C)NC(=O)c2ccc(F)cc2Br)cc1OC. The van der Waals surface area contributed by atoms with Crippen LogP contribution >= 0.6 is 15.9 Å². The number of rotatable bonds is 5. The van der Waals surface area contributed by atoms with Crippen molar-refractivity contribution in [3.63, 3.8) is 0 Å². The predicted octanol–water partition coefficient (Wildman–Crippen LogP) is 4.40. The van der Waals surface area contributed by atoms with E-state index >= 15 is 0 Å². The molecule has 0 saturated carbocycles. The summed E-state index contributed by atoms with van der Waals surface area (Å²) in [5.74, 6) is 0.548. The van der Waals surface area contributed by atoms with E-state index < -0.39 is 5.82 Å². The molecule has 0 aromatic heterocycles. The molecule has 0 bridgehead atoms. The molecule has 2 aromatic rings. The predicted molar refractivity (Wildman–Crippen MR) is 94.3 cm³/mol. The van der Waals surface area contributed by atoms with E-state index in [0.29, 0.717) is 21.5 Å². The van der Waals surface area contributed by atoms with Gasteiger partial charge < -0.3 is 14.8 Å². The number of carbonyl (C=O) groups is 1. The van der Waals surface area contributed by atoms with E-state index in [2.05, 4.69) is 21.2 Å². The van der Waals surface area contributed by atoms with E-state index in [1.807, 2.05) is 26.0 Å². The average Bonchev–Trinajstić information content (AvgIpc) is 2.54. The summed E-state index contributed by atoms with van der Waals surface area (Å²) in [6.45, 7) is 3.82. The van der Waals surface area contributed by atoms with Crippen LogP contribution < -0.4 is 14.8 Å². The zero-order chi connectivity index (χ0) is 17.9. The Kier molecular flexibility index (Phi) is 5.83. The lowest BCUT2D eigenvalue weighted by Crippen LogP contribution is -2.27. The minimum Gasteiger partial charge on any atom is -0.493 e. The molecule has 2 aromatic carbocycles. The van der Waals surface area contributed by atoms with Crippen LogP contribution in [0.3, 0.4) is 0 Å². The molecule has 6 heteroatoms. The van der Waals surface area contributed by atoms with Crippen molar-refractivity contribution in [2.24, 2.45) is 0 Å². The number of amides is 1. The first-order chi connectivity index (χ1) is 11.4. The molecule has 24 heavy (non-hydrogen) atoms. The van der Waals surface area contributed by atoms with E-state index in [1.165, 1.54) is 18.2 Å². The number of ether oxygens (including phenoxy) is 2. The average molecular weight is 396 g/mol. The summed E-state index contributed by atoms with van der Waals surface area (Å²) < 4.78 is 24.2. The van der Waals surface area contributed by atoms with Crippen molar-refractivity contribution in [1.29, 1.82) is 0 Å². The Morgan fingerprint density at radius 1 is 1.17 bits per heavy atom. The van der Waals surface area contributed by atoms with Crippen molar-refractivity contribution in [2.75, 3.05) is 14.2 Å². The molecule has 0 heterocycles. The smallest absolute Gasteiger partial charge is 0.252 e. The second-order valence-electron chi connectivity index (χ2n) is 5.38. The van der Waals surface area contributed by atoms with Crippen LogP contribution in [0.15, 0.2) is 34.8 Å². The van der Waals surface area contributed by atoms with E-state index in [1.54, 1.807) is 14.2 Å². The first-order valence-electron chi connectivity index (χ1n) is 7.35. The maximum atomic E-state index is 13.2. The van der Waals surface area contributed by atoms with Crippen LogP contribution in [0, 0.1) is 12.7 Å². The normalized spacial score (nSPS) is 11.8. The number of carbonyl (C=O) groups excluding carboxylic acids is 1. The third-order valence-corrected chi connectivity index (χ3v) is 4.42. The Labute approximate surface area is 149 Å². The van der Waals surface area contributed by atoms with Crippen LogP contribution in [-0.4, -0.2) is 20.1 Å². The standard InChI is InChI=1S/C18H19BrFNO3/c1-10-7-16(23-3)17(24-4)9-14(10)11(2)21-18(22)13-6-5-12(20)8-15(13)19/h5-9,11H,1-4H3,(H,21,22)/t11-/m0/s1. The molecular formula is C18H19BrFNO3. The van der Waals surface area contributed by atoms with Crippen LogP contribution in [0.5, 0.6) is 11.5 Å². The lowest BCUT2D eigenvalue weighted by molar-refractivity contribution is 0.0939. The van der Waals surface area contributed by atoms with Gasteiger partial charge in [-0.05, 0) is 71.2 Å². The minimum atomic E-state index is -0.401. The van der Waals surface area contributed by atoms with Crippen LogP contribution in [0.25, 0.3) is 0 Å². The second-order valence-corrected chi connectivity index (χ2v) is 6.24. The van der Waals surface area contributed by atoms with Gasteiger partial charge in [0.2, 0.25) is 0 Å². The summed E-state index contributed by atoms with van der Waals surface area (Å²) in [6, 6.07) is 7.42. The maximum absolute atomic E-state index is 13.2. The fourth-order valence-electron chi connectivity index (χ4n) is 2.49. The molecule has 0 spiro atoms. The van der Waals surface area contributed by atoms with E-state index in [9.17, 15) is 9.18 Å². The van der Waals surface area contributed by atoms with Crippen molar-refractivity contribution >= 4 is 21.8 Å². The van der Waals surface area contributed by atoms with E-state index in [0.717, 1.165) is 11.1 Å². The maximum Gasteiger partial charge on any atom is 0.252 e. The molecule has 0 unspecified atom stereocenters. The zero-order valence-corrected chi connectivity index (χ0v) is 15.5. The van der Waals surface area contributed by atoms with Crippen molar-refractivity contribution in [3.05, 3.63) is 57.3 Å². The van der Waals surface area contributed by atoms with E-state index in [-0.39, 0.29) is 11.9 Å². The summed E-state index contributed by atoms with van der Waals surface area (Å²) in [5, 5.41) is 2.91.